The van der Waals surface area contributed by atoms with Crippen molar-refractivity contribution in [2.75, 3.05) is 10.6 Å². The number of nitrogens with zero attached hydrogens (tertiary/aromatic N) is 5. The van der Waals surface area contributed by atoms with Crippen molar-refractivity contribution in [3.05, 3.63) is 53.4 Å². The maximum Gasteiger partial charge on any atom is 0.211 e. The maximum atomic E-state index is 4.75. The van der Waals surface area contributed by atoms with Crippen LogP contribution in [0.3, 0.4) is 0 Å². The molecule has 8 heteroatoms. The van der Waals surface area contributed by atoms with Crippen LogP contribution in [-0.4, -0.2) is 25.1 Å². The van der Waals surface area contributed by atoms with Gasteiger partial charge in [-0.2, -0.15) is 0 Å². The molecule has 0 saturated heterocycles. The first-order valence-electron chi connectivity index (χ1n) is 11.0. The van der Waals surface area contributed by atoms with E-state index in [0.717, 1.165) is 38.4 Å². The minimum atomic E-state index is 0.0385. The van der Waals surface area contributed by atoms with Crippen LogP contribution in [0.25, 0.3) is 11.0 Å². The van der Waals surface area contributed by atoms with Gasteiger partial charge >= 0.3 is 0 Å². The number of aromatic nitrogens is 5. The van der Waals surface area contributed by atoms with Crippen molar-refractivity contribution < 1.29 is 0 Å². The molecule has 0 aromatic carbocycles. The molecular formula is C24H27N7S. The molecule has 0 atom stereocenters. The largest absolute Gasteiger partial charge is 0.353 e. The van der Waals surface area contributed by atoms with Gasteiger partial charge in [-0.1, -0.05) is 44.9 Å². The summed E-state index contributed by atoms with van der Waals surface area (Å²) in [4.78, 5) is 13.7. The minimum Gasteiger partial charge on any atom is -0.353 e. The van der Waals surface area contributed by atoms with Crippen LogP contribution in [-0.2, 0) is 5.41 Å². The number of fused-ring (bicyclic) bond motifs is 1. The molecule has 0 spiro atoms. The Labute approximate surface area is 191 Å². The average Bonchev–Trinajstić information content (AvgIpc) is 3.45. The SMILES string of the molecule is CC(C)(C)c1cncc(Nc2cnc3ccc(Nc4nnc(C5CCCC5)s4)nc3c2)c1. The predicted octanol–water partition coefficient (Wildman–Crippen LogP) is 6.32. The van der Waals surface area contributed by atoms with E-state index in [0.29, 0.717) is 5.92 Å². The first kappa shape index (κ1) is 20.8. The molecule has 0 aliphatic heterocycles. The lowest BCUT2D eigenvalue weighted by atomic mass is 9.88. The molecule has 0 bridgehead atoms. The Bertz CT molecular complexity index is 1240. The number of pyridine rings is 3. The van der Waals surface area contributed by atoms with Crippen LogP contribution < -0.4 is 10.6 Å². The number of hydrogen-bond acceptors (Lipinski definition) is 8. The molecule has 4 aromatic rings. The maximum absolute atomic E-state index is 4.75. The third-order valence-corrected chi connectivity index (χ3v) is 6.81. The van der Waals surface area contributed by atoms with Crippen molar-refractivity contribution in [1.82, 2.24) is 25.1 Å². The van der Waals surface area contributed by atoms with Crippen molar-refractivity contribution >= 4 is 44.7 Å². The van der Waals surface area contributed by atoms with Crippen molar-refractivity contribution in [2.45, 2.75) is 57.8 Å². The molecular weight excluding hydrogens is 418 g/mol. The first-order chi connectivity index (χ1) is 15.4. The van der Waals surface area contributed by atoms with E-state index in [4.69, 9.17) is 4.98 Å². The zero-order chi connectivity index (χ0) is 22.1. The van der Waals surface area contributed by atoms with Gasteiger partial charge in [0.1, 0.15) is 10.8 Å². The third kappa shape index (κ3) is 4.55. The Morgan fingerprint density at radius 2 is 1.72 bits per heavy atom. The minimum absolute atomic E-state index is 0.0385. The van der Waals surface area contributed by atoms with E-state index in [2.05, 4.69) is 57.6 Å². The van der Waals surface area contributed by atoms with Crippen molar-refractivity contribution in [3.63, 3.8) is 0 Å². The molecule has 1 aliphatic carbocycles. The number of rotatable bonds is 5. The van der Waals surface area contributed by atoms with Crippen molar-refractivity contribution in [1.29, 1.82) is 0 Å². The fourth-order valence-corrected chi connectivity index (χ4v) is 4.88. The third-order valence-electron chi connectivity index (χ3n) is 5.81. The number of nitrogens with one attached hydrogen (secondary N) is 2. The summed E-state index contributed by atoms with van der Waals surface area (Å²) in [6.45, 7) is 6.54. The lowest BCUT2D eigenvalue weighted by Crippen LogP contribution is -2.11. The van der Waals surface area contributed by atoms with Gasteiger partial charge in [0.05, 0.1) is 34.8 Å². The molecule has 5 rings (SSSR count). The van der Waals surface area contributed by atoms with Gasteiger partial charge in [-0.05, 0) is 48.1 Å². The monoisotopic (exact) mass is 445 g/mol. The zero-order valence-electron chi connectivity index (χ0n) is 18.6. The Morgan fingerprint density at radius 3 is 2.53 bits per heavy atom. The van der Waals surface area contributed by atoms with E-state index < -0.39 is 0 Å². The molecule has 2 N–H and O–H groups in total. The quantitative estimate of drug-likeness (QED) is 0.371. The van der Waals surface area contributed by atoms with Crippen LogP contribution in [0, 0.1) is 0 Å². The molecule has 1 fully saturated rings. The van der Waals surface area contributed by atoms with E-state index in [9.17, 15) is 0 Å². The van der Waals surface area contributed by atoms with Crippen LogP contribution in [0.2, 0.25) is 0 Å². The Kier molecular flexibility index (Phi) is 5.46. The van der Waals surface area contributed by atoms with Gasteiger partial charge in [-0.3, -0.25) is 9.97 Å². The summed E-state index contributed by atoms with van der Waals surface area (Å²) in [5, 5.41) is 17.3. The van der Waals surface area contributed by atoms with E-state index in [1.807, 2.05) is 36.8 Å². The molecule has 0 amide bonds. The van der Waals surface area contributed by atoms with Gasteiger partial charge in [0.25, 0.3) is 0 Å². The first-order valence-corrected chi connectivity index (χ1v) is 11.9. The van der Waals surface area contributed by atoms with E-state index >= 15 is 0 Å². The lowest BCUT2D eigenvalue weighted by molar-refractivity contribution is 0.588. The highest BCUT2D eigenvalue weighted by atomic mass is 32.1. The summed E-state index contributed by atoms with van der Waals surface area (Å²) in [7, 11) is 0. The van der Waals surface area contributed by atoms with E-state index in [-0.39, 0.29) is 5.41 Å². The number of anilines is 4. The van der Waals surface area contributed by atoms with Gasteiger partial charge in [0.2, 0.25) is 5.13 Å². The summed E-state index contributed by atoms with van der Waals surface area (Å²) in [6.07, 6.45) is 10.6. The van der Waals surface area contributed by atoms with E-state index in [1.54, 1.807) is 11.3 Å². The lowest BCUT2D eigenvalue weighted by Gasteiger charge is -2.19. The van der Waals surface area contributed by atoms with Crippen LogP contribution >= 0.6 is 11.3 Å². The average molecular weight is 446 g/mol. The zero-order valence-corrected chi connectivity index (χ0v) is 19.4. The molecule has 0 radical (unpaired) electrons. The van der Waals surface area contributed by atoms with Crippen molar-refractivity contribution in [2.24, 2.45) is 0 Å². The summed E-state index contributed by atoms with van der Waals surface area (Å²) in [5.41, 5.74) is 4.66. The Morgan fingerprint density at radius 1 is 0.906 bits per heavy atom. The van der Waals surface area contributed by atoms with Gasteiger partial charge in [-0.15, -0.1) is 10.2 Å². The summed E-state index contributed by atoms with van der Waals surface area (Å²) >= 11 is 1.63. The topological polar surface area (TPSA) is 88.5 Å². The normalized spacial score (nSPS) is 14.7. The van der Waals surface area contributed by atoms with Gasteiger partial charge < -0.3 is 10.6 Å². The van der Waals surface area contributed by atoms with Gasteiger partial charge in [-0.25, -0.2) is 4.98 Å². The second-order valence-corrected chi connectivity index (χ2v) is 10.4. The highest BCUT2D eigenvalue weighted by Gasteiger charge is 2.21. The molecule has 7 nitrogen and oxygen atoms in total. The Balaban J connectivity index is 1.35. The summed E-state index contributed by atoms with van der Waals surface area (Å²) in [6, 6.07) is 8.02. The van der Waals surface area contributed by atoms with Crippen LogP contribution in [0.15, 0.2) is 42.9 Å². The molecule has 1 aliphatic rings. The van der Waals surface area contributed by atoms with Crippen molar-refractivity contribution in [3.8, 4) is 0 Å². The van der Waals surface area contributed by atoms with Gasteiger partial charge in [0.15, 0.2) is 0 Å². The highest BCUT2D eigenvalue weighted by molar-refractivity contribution is 7.15. The second-order valence-electron chi connectivity index (χ2n) is 9.35. The smallest absolute Gasteiger partial charge is 0.211 e. The van der Waals surface area contributed by atoms with E-state index in [1.165, 1.54) is 31.2 Å². The number of hydrogen-bond donors (Lipinski definition) is 2. The molecule has 4 aromatic heterocycles. The standard InChI is InChI=1S/C24H27N7S/c1-24(2,3)16-10-17(13-25-12-16)27-18-11-20-19(26-14-18)8-9-21(28-20)29-23-31-30-22(32-23)15-6-4-5-7-15/h8-15,27H,4-7H2,1-3H3,(H,28,29,31). The summed E-state index contributed by atoms with van der Waals surface area (Å²) in [5.74, 6) is 1.30. The second kappa shape index (κ2) is 8.43. The molecule has 4 heterocycles. The van der Waals surface area contributed by atoms with Crippen LogP contribution in [0.5, 0.6) is 0 Å². The fourth-order valence-electron chi connectivity index (χ4n) is 3.96. The van der Waals surface area contributed by atoms with Crippen LogP contribution in [0.1, 0.15) is 62.9 Å². The molecule has 164 valence electrons. The highest BCUT2D eigenvalue weighted by Crippen LogP contribution is 2.37. The van der Waals surface area contributed by atoms with Crippen LogP contribution in [0.4, 0.5) is 22.3 Å². The Hall–Kier alpha value is -3.13. The fraction of sp³-hybridized carbons (Fsp3) is 0.375. The summed E-state index contributed by atoms with van der Waals surface area (Å²) < 4.78 is 0. The van der Waals surface area contributed by atoms with Gasteiger partial charge in [0, 0.05) is 12.1 Å². The predicted molar refractivity (Wildman–Crippen MR) is 130 cm³/mol. The molecule has 32 heavy (non-hydrogen) atoms. The molecule has 0 unspecified atom stereocenters. The molecule has 1 saturated carbocycles.